The van der Waals surface area contributed by atoms with Crippen LogP contribution in [0.4, 0.5) is 5.82 Å². The van der Waals surface area contributed by atoms with Crippen molar-refractivity contribution in [3.8, 4) is 0 Å². The van der Waals surface area contributed by atoms with Crippen LogP contribution in [0.5, 0.6) is 0 Å². The van der Waals surface area contributed by atoms with E-state index in [-0.39, 0.29) is 5.78 Å². The molecule has 0 atom stereocenters. The molecule has 2 rings (SSSR count). The van der Waals surface area contributed by atoms with Gasteiger partial charge in [-0.05, 0) is 36.8 Å². The third-order valence-electron chi connectivity index (χ3n) is 2.71. The van der Waals surface area contributed by atoms with E-state index in [9.17, 15) is 4.79 Å². The molecule has 0 unspecified atom stereocenters. The number of Topliss-reactive ketones (excluding diaryl/α,β-unsaturated/α-hetero) is 1. The Bertz CT molecular complexity index is 540. The summed E-state index contributed by atoms with van der Waals surface area (Å²) in [5.41, 5.74) is 1.84. The Labute approximate surface area is 106 Å². The molecule has 0 fully saturated rings. The van der Waals surface area contributed by atoms with E-state index < -0.39 is 0 Å². The van der Waals surface area contributed by atoms with Gasteiger partial charge in [-0.1, -0.05) is 0 Å². The van der Waals surface area contributed by atoms with Crippen LogP contribution in [0.25, 0.3) is 0 Å². The minimum absolute atomic E-state index is 0.0518. The quantitative estimate of drug-likeness (QED) is 0.771. The van der Waals surface area contributed by atoms with Crippen molar-refractivity contribution in [3.63, 3.8) is 0 Å². The number of carbonyl (C=O) groups is 1. The lowest BCUT2D eigenvalue weighted by Crippen LogP contribution is -2.18. The number of ketones is 1. The number of pyridine rings is 2. The molecule has 0 aliphatic heterocycles. The highest BCUT2D eigenvalue weighted by Crippen LogP contribution is 2.14. The maximum absolute atomic E-state index is 11.3. The van der Waals surface area contributed by atoms with Crippen LogP contribution in [-0.2, 0) is 6.54 Å². The van der Waals surface area contributed by atoms with Crippen LogP contribution in [-0.4, -0.2) is 22.8 Å². The summed E-state index contributed by atoms with van der Waals surface area (Å²) in [5, 5.41) is 0. The first-order chi connectivity index (χ1) is 8.66. The fraction of sp³-hybridized carbons (Fsp3) is 0.214. The summed E-state index contributed by atoms with van der Waals surface area (Å²) in [4.78, 5) is 21.6. The summed E-state index contributed by atoms with van der Waals surface area (Å²) in [7, 11) is 1.95. The first-order valence-electron chi connectivity index (χ1n) is 5.74. The van der Waals surface area contributed by atoms with Crippen molar-refractivity contribution >= 4 is 11.6 Å². The van der Waals surface area contributed by atoms with Crippen molar-refractivity contribution in [2.45, 2.75) is 13.5 Å². The maximum atomic E-state index is 11.3. The lowest BCUT2D eigenvalue weighted by Gasteiger charge is -2.18. The molecular formula is C14H15N3O. The van der Waals surface area contributed by atoms with Gasteiger partial charge in [-0.2, -0.15) is 0 Å². The molecule has 0 radical (unpaired) electrons. The van der Waals surface area contributed by atoms with Crippen LogP contribution in [0.15, 0.2) is 42.9 Å². The fourth-order valence-electron chi connectivity index (χ4n) is 1.69. The minimum Gasteiger partial charge on any atom is -0.355 e. The number of nitrogens with zero attached hydrogens (tertiary/aromatic N) is 3. The zero-order valence-electron chi connectivity index (χ0n) is 10.5. The zero-order valence-corrected chi connectivity index (χ0v) is 10.5. The van der Waals surface area contributed by atoms with E-state index in [2.05, 4.69) is 9.97 Å². The van der Waals surface area contributed by atoms with Gasteiger partial charge in [-0.15, -0.1) is 0 Å². The van der Waals surface area contributed by atoms with Gasteiger partial charge in [0.1, 0.15) is 5.82 Å². The third-order valence-corrected chi connectivity index (χ3v) is 2.71. The summed E-state index contributed by atoms with van der Waals surface area (Å²) in [5.74, 6) is 0.843. The van der Waals surface area contributed by atoms with E-state index in [4.69, 9.17) is 0 Å². The smallest absolute Gasteiger partial charge is 0.159 e. The minimum atomic E-state index is 0.0518. The van der Waals surface area contributed by atoms with Gasteiger partial charge in [0.25, 0.3) is 0 Å². The second kappa shape index (κ2) is 5.40. The molecule has 0 aliphatic carbocycles. The molecule has 92 valence electrons. The Morgan fingerprint density at radius 3 is 2.61 bits per heavy atom. The van der Waals surface area contributed by atoms with Crippen molar-refractivity contribution in [2.75, 3.05) is 11.9 Å². The monoisotopic (exact) mass is 241 g/mol. The molecule has 0 saturated carbocycles. The molecular weight excluding hydrogens is 226 g/mol. The van der Waals surface area contributed by atoms with Gasteiger partial charge >= 0.3 is 0 Å². The maximum Gasteiger partial charge on any atom is 0.159 e. The normalized spacial score (nSPS) is 10.1. The second-order valence-electron chi connectivity index (χ2n) is 4.17. The van der Waals surface area contributed by atoms with E-state index in [0.717, 1.165) is 17.9 Å². The molecule has 4 nitrogen and oxygen atoms in total. The molecule has 0 spiro atoms. The summed E-state index contributed by atoms with van der Waals surface area (Å²) in [6, 6.07) is 7.46. The second-order valence-corrected chi connectivity index (χ2v) is 4.17. The largest absolute Gasteiger partial charge is 0.355 e. The lowest BCUT2D eigenvalue weighted by atomic mass is 10.2. The van der Waals surface area contributed by atoms with E-state index >= 15 is 0 Å². The van der Waals surface area contributed by atoms with Gasteiger partial charge in [0, 0.05) is 37.7 Å². The molecule has 2 heterocycles. The predicted octanol–water partition coefficient (Wildman–Crippen LogP) is 2.32. The number of hydrogen-bond acceptors (Lipinski definition) is 4. The van der Waals surface area contributed by atoms with Crippen molar-refractivity contribution in [1.29, 1.82) is 0 Å². The average molecular weight is 241 g/mol. The lowest BCUT2D eigenvalue weighted by molar-refractivity contribution is 0.101. The summed E-state index contributed by atoms with van der Waals surface area (Å²) >= 11 is 0. The van der Waals surface area contributed by atoms with Gasteiger partial charge in [0.05, 0.1) is 0 Å². The predicted molar refractivity (Wildman–Crippen MR) is 70.6 cm³/mol. The molecule has 4 heteroatoms. The van der Waals surface area contributed by atoms with Crippen LogP contribution in [0, 0.1) is 0 Å². The molecule has 18 heavy (non-hydrogen) atoms. The summed E-state index contributed by atoms with van der Waals surface area (Å²) < 4.78 is 0. The molecule has 2 aromatic rings. The average Bonchev–Trinajstić information content (AvgIpc) is 2.40. The van der Waals surface area contributed by atoms with Gasteiger partial charge in [0.15, 0.2) is 5.78 Å². The summed E-state index contributed by atoms with van der Waals surface area (Å²) in [6.45, 7) is 2.29. The highest BCUT2D eigenvalue weighted by molar-refractivity contribution is 5.94. The highest BCUT2D eigenvalue weighted by atomic mass is 16.1. The van der Waals surface area contributed by atoms with E-state index in [1.54, 1.807) is 31.6 Å². The topological polar surface area (TPSA) is 46.1 Å². The third kappa shape index (κ3) is 2.91. The van der Waals surface area contributed by atoms with Crippen molar-refractivity contribution in [1.82, 2.24) is 9.97 Å². The Kier molecular flexibility index (Phi) is 3.67. The fourth-order valence-corrected chi connectivity index (χ4v) is 1.69. The highest BCUT2D eigenvalue weighted by Gasteiger charge is 2.06. The van der Waals surface area contributed by atoms with Crippen LogP contribution in [0.1, 0.15) is 22.8 Å². The van der Waals surface area contributed by atoms with E-state index in [1.807, 2.05) is 30.1 Å². The molecule has 0 amide bonds. The number of rotatable bonds is 4. The number of hydrogen-bond donors (Lipinski definition) is 0. The molecule has 0 N–H and O–H groups in total. The first kappa shape index (κ1) is 12.2. The standard InChI is InChI=1S/C14H15N3O/c1-11(18)13-5-8-16-14(9-13)17(2)10-12-3-6-15-7-4-12/h3-9H,10H2,1-2H3. The molecule has 0 bridgehead atoms. The molecule has 2 aromatic heterocycles. The van der Waals surface area contributed by atoms with Gasteiger partial charge in [-0.25, -0.2) is 4.98 Å². The van der Waals surface area contributed by atoms with E-state index in [0.29, 0.717) is 5.56 Å². The Balaban J connectivity index is 2.16. The Morgan fingerprint density at radius 1 is 1.22 bits per heavy atom. The SMILES string of the molecule is CC(=O)c1ccnc(N(C)Cc2ccncc2)c1. The van der Waals surface area contributed by atoms with Gasteiger partial charge in [-0.3, -0.25) is 9.78 Å². The van der Waals surface area contributed by atoms with Gasteiger partial charge < -0.3 is 4.90 Å². The summed E-state index contributed by atoms with van der Waals surface area (Å²) in [6.07, 6.45) is 5.19. The van der Waals surface area contributed by atoms with E-state index in [1.165, 1.54) is 0 Å². The van der Waals surface area contributed by atoms with Crippen molar-refractivity contribution in [2.24, 2.45) is 0 Å². The van der Waals surface area contributed by atoms with Crippen molar-refractivity contribution < 1.29 is 4.79 Å². The van der Waals surface area contributed by atoms with Crippen LogP contribution in [0.2, 0.25) is 0 Å². The first-order valence-corrected chi connectivity index (χ1v) is 5.74. The zero-order chi connectivity index (χ0) is 13.0. The number of anilines is 1. The molecule has 0 aromatic carbocycles. The van der Waals surface area contributed by atoms with Gasteiger partial charge in [0.2, 0.25) is 0 Å². The Morgan fingerprint density at radius 2 is 1.94 bits per heavy atom. The molecule has 0 aliphatic rings. The Hall–Kier alpha value is -2.23. The molecule has 0 saturated heterocycles. The van der Waals surface area contributed by atoms with Crippen LogP contribution in [0.3, 0.4) is 0 Å². The number of carbonyl (C=O) groups excluding carboxylic acids is 1. The van der Waals surface area contributed by atoms with Crippen molar-refractivity contribution in [3.05, 3.63) is 54.0 Å². The van der Waals surface area contributed by atoms with Crippen LogP contribution >= 0.6 is 0 Å². The van der Waals surface area contributed by atoms with Crippen LogP contribution < -0.4 is 4.90 Å². The number of aromatic nitrogens is 2.